The third-order valence-corrected chi connectivity index (χ3v) is 2.87. The molecule has 1 aromatic rings. The third-order valence-electron chi connectivity index (χ3n) is 2.87. The lowest BCUT2D eigenvalue weighted by atomic mass is 9.92. The van der Waals surface area contributed by atoms with Crippen LogP contribution in [0.5, 0.6) is 0 Å². The Labute approximate surface area is 95.1 Å². The predicted octanol–water partition coefficient (Wildman–Crippen LogP) is 2.78. The van der Waals surface area contributed by atoms with Crippen molar-refractivity contribution in [3.8, 4) is 0 Å². The molecule has 1 N–H and O–H groups in total. The maximum absolute atomic E-state index is 10.9. The minimum absolute atomic E-state index is 0.0972. The fourth-order valence-corrected chi connectivity index (χ4v) is 1.76. The van der Waals surface area contributed by atoms with Crippen molar-refractivity contribution in [3.05, 3.63) is 39.4 Å². The van der Waals surface area contributed by atoms with Gasteiger partial charge < -0.3 is 5.11 Å². The van der Waals surface area contributed by atoms with Crippen LogP contribution in [-0.2, 0) is 0 Å². The molecule has 1 rings (SSSR count). The highest BCUT2D eigenvalue weighted by molar-refractivity contribution is 5.45. The first-order valence-corrected chi connectivity index (χ1v) is 5.40. The summed E-state index contributed by atoms with van der Waals surface area (Å²) in [5, 5.41) is 20.6. The molecule has 0 aliphatic rings. The Balaban J connectivity index is 3.17. The monoisotopic (exact) mass is 223 g/mol. The molecule has 4 nitrogen and oxygen atoms in total. The molecule has 0 aliphatic carbocycles. The lowest BCUT2D eigenvalue weighted by Crippen LogP contribution is -2.15. The summed E-state index contributed by atoms with van der Waals surface area (Å²) < 4.78 is 0. The van der Waals surface area contributed by atoms with E-state index in [2.05, 4.69) is 0 Å². The maximum Gasteiger partial charge on any atom is 0.273 e. The van der Waals surface area contributed by atoms with Crippen LogP contribution >= 0.6 is 0 Å². The molecule has 0 fully saturated rings. The van der Waals surface area contributed by atoms with Crippen LogP contribution in [0.4, 0.5) is 5.69 Å². The summed E-state index contributed by atoms with van der Waals surface area (Å²) in [5.74, 6) is -0.217. The van der Waals surface area contributed by atoms with E-state index in [4.69, 9.17) is 0 Å². The van der Waals surface area contributed by atoms with E-state index in [1.54, 1.807) is 12.1 Å². The minimum Gasteiger partial charge on any atom is -0.393 e. The van der Waals surface area contributed by atoms with E-state index in [-0.39, 0.29) is 16.5 Å². The van der Waals surface area contributed by atoms with Gasteiger partial charge in [0.2, 0.25) is 0 Å². The summed E-state index contributed by atoms with van der Waals surface area (Å²) in [6, 6.07) is 5.12. The van der Waals surface area contributed by atoms with Crippen LogP contribution in [0.15, 0.2) is 18.2 Å². The minimum atomic E-state index is -0.540. The molecule has 0 saturated carbocycles. The van der Waals surface area contributed by atoms with Gasteiger partial charge in [-0.2, -0.15) is 0 Å². The Morgan fingerprint density at radius 1 is 1.50 bits per heavy atom. The molecule has 0 radical (unpaired) electrons. The SMILES string of the molecule is CCC(O)C(C)c1ccc(C)cc1[N+](=O)[O-]. The molecule has 0 saturated heterocycles. The quantitative estimate of drug-likeness (QED) is 0.630. The van der Waals surface area contributed by atoms with Gasteiger partial charge in [-0.3, -0.25) is 10.1 Å². The molecule has 16 heavy (non-hydrogen) atoms. The van der Waals surface area contributed by atoms with Crippen LogP contribution in [0, 0.1) is 17.0 Å². The van der Waals surface area contributed by atoms with E-state index >= 15 is 0 Å². The lowest BCUT2D eigenvalue weighted by molar-refractivity contribution is -0.385. The highest BCUT2D eigenvalue weighted by atomic mass is 16.6. The van der Waals surface area contributed by atoms with E-state index in [0.717, 1.165) is 5.56 Å². The number of aryl methyl sites for hydroxylation is 1. The summed E-state index contributed by atoms with van der Waals surface area (Å²) in [6.45, 7) is 5.49. The van der Waals surface area contributed by atoms with Gasteiger partial charge in [-0.15, -0.1) is 0 Å². The first kappa shape index (κ1) is 12.6. The molecular weight excluding hydrogens is 206 g/mol. The number of nitrogens with zero attached hydrogens (tertiary/aromatic N) is 1. The van der Waals surface area contributed by atoms with Crippen LogP contribution in [0.2, 0.25) is 0 Å². The zero-order chi connectivity index (χ0) is 12.3. The molecule has 0 bridgehead atoms. The normalized spacial score (nSPS) is 14.5. The number of nitro benzene ring substituents is 1. The van der Waals surface area contributed by atoms with Crippen molar-refractivity contribution in [2.24, 2.45) is 0 Å². The van der Waals surface area contributed by atoms with Gasteiger partial charge in [0.25, 0.3) is 5.69 Å². The molecular formula is C12H17NO3. The number of hydrogen-bond donors (Lipinski definition) is 1. The van der Waals surface area contributed by atoms with Crippen LogP contribution < -0.4 is 0 Å². The van der Waals surface area contributed by atoms with Crippen molar-refractivity contribution in [2.45, 2.75) is 39.2 Å². The Bertz CT molecular complexity index is 390. The maximum atomic E-state index is 10.9. The van der Waals surface area contributed by atoms with E-state index in [1.807, 2.05) is 26.8 Å². The second kappa shape index (κ2) is 5.07. The Hall–Kier alpha value is -1.42. The molecule has 88 valence electrons. The molecule has 0 amide bonds. The van der Waals surface area contributed by atoms with E-state index < -0.39 is 6.10 Å². The Morgan fingerprint density at radius 3 is 2.62 bits per heavy atom. The summed E-state index contributed by atoms with van der Waals surface area (Å²) in [6.07, 6.45) is 0.0491. The fraction of sp³-hybridized carbons (Fsp3) is 0.500. The van der Waals surface area contributed by atoms with Gasteiger partial charge in [-0.05, 0) is 18.9 Å². The summed E-state index contributed by atoms with van der Waals surface area (Å²) >= 11 is 0. The number of aliphatic hydroxyl groups excluding tert-OH is 1. The topological polar surface area (TPSA) is 63.4 Å². The second-order valence-corrected chi connectivity index (χ2v) is 4.08. The lowest BCUT2D eigenvalue weighted by Gasteiger charge is -2.17. The van der Waals surface area contributed by atoms with Crippen molar-refractivity contribution in [3.63, 3.8) is 0 Å². The van der Waals surface area contributed by atoms with Crippen LogP contribution in [-0.4, -0.2) is 16.1 Å². The fourth-order valence-electron chi connectivity index (χ4n) is 1.76. The van der Waals surface area contributed by atoms with Gasteiger partial charge in [-0.1, -0.05) is 26.0 Å². The molecule has 2 atom stereocenters. The number of benzene rings is 1. The van der Waals surface area contributed by atoms with E-state index in [1.165, 1.54) is 0 Å². The summed E-state index contributed by atoms with van der Waals surface area (Å²) in [4.78, 5) is 10.5. The zero-order valence-electron chi connectivity index (χ0n) is 9.80. The number of hydrogen-bond acceptors (Lipinski definition) is 3. The van der Waals surface area contributed by atoms with Crippen molar-refractivity contribution in [1.82, 2.24) is 0 Å². The first-order chi connectivity index (χ1) is 7.47. The van der Waals surface area contributed by atoms with Crippen molar-refractivity contribution in [1.29, 1.82) is 0 Å². The van der Waals surface area contributed by atoms with E-state index in [0.29, 0.717) is 12.0 Å². The molecule has 0 spiro atoms. The standard InChI is InChI=1S/C12H17NO3/c1-4-12(14)9(3)10-6-5-8(2)7-11(10)13(15)16/h5-7,9,12,14H,4H2,1-3H3. The largest absolute Gasteiger partial charge is 0.393 e. The van der Waals surface area contributed by atoms with Crippen LogP contribution in [0.1, 0.15) is 37.3 Å². The van der Waals surface area contributed by atoms with Gasteiger partial charge >= 0.3 is 0 Å². The highest BCUT2D eigenvalue weighted by Crippen LogP contribution is 2.30. The van der Waals surface area contributed by atoms with Gasteiger partial charge in [0.05, 0.1) is 11.0 Å². The molecule has 0 aliphatic heterocycles. The molecule has 0 heterocycles. The predicted molar refractivity (Wildman–Crippen MR) is 62.5 cm³/mol. The van der Waals surface area contributed by atoms with Crippen molar-refractivity contribution >= 4 is 5.69 Å². The molecule has 0 aromatic heterocycles. The van der Waals surface area contributed by atoms with Gasteiger partial charge in [-0.25, -0.2) is 0 Å². The van der Waals surface area contributed by atoms with E-state index in [9.17, 15) is 15.2 Å². The Morgan fingerprint density at radius 2 is 2.12 bits per heavy atom. The van der Waals surface area contributed by atoms with Gasteiger partial charge in [0.15, 0.2) is 0 Å². The molecule has 4 heteroatoms. The second-order valence-electron chi connectivity index (χ2n) is 4.08. The zero-order valence-corrected chi connectivity index (χ0v) is 9.80. The van der Waals surface area contributed by atoms with Crippen molar-refractivity contribution in [2.75, 3.05) is 0 Å². The van der Waals surface area contributed by atoms with Gasteiger partial charge in [0, 0.05) is 17.5 Å². The summed E-state index contributed by atoms with van der Waals surface area (Å²) in [5.41, 5.74) is 1.55. The van der Waals surface area contributed by atoms with Gasteiger partial charge in [0.1, 0.15) is 0 Å². The Kier molecular flexibility index (Phi) is 4.01. The average molecular weight is 223 g/mol. The van der Waals surface area contributed by atoms with Crippen LogP contribution in [0.25, 0.3) is 0 Å². The molecule has 1 aromatic carbocycles. The average Bonchev–Trinajstić information content (AvgIpc) is 2.26. The number of aliphatic hydroxyl groups is 1. The van der Waals surface area contributed by atoms with Crippen molar-refractivity contribution < 1.29 is 10.0 Å². The smallest absolute Gasteiger partial charge is 0.273 e. The first-order valence-electron chi connectivity index (χ1n) is 5.40. The van der Waals surface area contributed by atoms with Crippen LogP contribution in [0.3, 0.4) is 0 Å². The third kappa shape index (κ3) is 2.58. The summed E-state index contributed by atoms with van der Waals surface area (Å²) in [7, 11) is 0. The molecule has 2 unspecified atom stereocenters. The number of nitro groups is 1. The number of rotatable bonds is 4. The highest BCUT2D eigenvalue weighted by Gasteiger charge is 2.23.